The minimum Gasteiger partial charge on any atom is -0.396 e. The molecule has 1 atom stereocenters. The smallest absolute Gasteiger partial charge is 0.226 e. The zero-order valence-electron chi connectivity index (χ0n) is 12.3. The van der Waals surface area contributed by atoms with Crippen molar-refractivity contribution in [2.75, 3.05) is 19.7 Å². The average molecular weight is 301 g/mol. The van der Waals surface area contributed by atoms with Crippen molar-refractivity contribution in [2.24, 2.45) is 5.92 Å². The van der Waals surface area contributed by atoms with Crippen molar-refractivity contribution in [3.8, 4) is 5.69 Å². The van der Waals surface area contributed by atoms with Crippen molar-refractivity contribution in [1.82, 2.24) is 25.1 Å². The molecule has 116 valence electrons. The van der Waals surface area contributed by atoms with Gasteiger partial charge in [0.1, 0.15) is 6.33 Å². The Balaban J connectivity index is 1.62. The van der Waals surface area contributed by atoms with Gasteiger partial charge in [-0.15, -0.1) is 5.10 Å². The molecule has 1 aromatic heterocycles. The van der Waals surface area contributed by atoms with Crippen LogP contribution in [0.1, 0.15) is 18.4 Å². The fourth-order valence-electron chi connectivity index (χ4n) is 2.77. The summed E-state index contributed by atoms with van der Waals surface area (Å²) in [6.07, 6.45) is 3.88. The summed E-state index contributed by atoms with van der Waals surface area (Å²) in [5, 5.41) is 20.3. The highest BCUT2D eigenvalue weighted by Crippen LogP contribution is 2.17. The molecule has 1 N–H and O–H groups in total. The fraction of sp³-hybridized carbons (Fsp3) is 0.467. The molecule has 1 unspecified atom stereocenters. The van der Waals surface area contributed by atoms with Gasteiger partial charge in [0.2, 0.25) is 5.91 Å². The van der Waals surface area contributed by atoms with E-state index < -0.39 is 0 Å². The van der Waals surface area contributed by atoms with Gasteiger partial charge in [-0.05, 0) is 46.9 Å². The second kappa shape index (κ2) is 6.65. The first kappa shape index (κ1) is 14.6. The largest absolute Gasteiger partial charge is 0.396 e. The van der Waals surface area contributed by atoms with Gasteiger partial charge >= 0.3 is 0 Å². The second-order valence-corrected chi connectivity index (χ2v) is 5.63. The summed E-state index contributed by atoms with van der Waals surface area (Å²) in [6, 6.07) is 7.63. The van der Waals surface area contributed by atoms with E-state index in [9.17, 15) is 9.90 Å². The normalized spacial score (nSPS) is 18.4. The number of carbonyl (C=O) groups is 1. The summed E-state index contributed by atoms with van der Waals surface area (Å²) in [4.78, 5) is 14.2. The molecule has 22 heavy (non-hydrogen) atoms. The number of tetrazole rings is 1. The van der Waals surface area contributed by atoms with E-state index in [4.69, 9.17) is 0 Å². The third-order valence-corrected chi connectivity index (χ3v) is 4.04. The number of aliphatic hydroxyl groups excluding tert-OH is 1. The Labute approximate surface area is 128 Å². The second-order valence-electron chi connectivity index (χ2n) is 5.63. The van der Waals surface area contributed by atoms with Crippen molar-refractivity contribution >= 4 is 5.91 Å². The van der Waals surface area contributed by atoms with Crippen molar-refractivity contribution in [3.05, 3.63) is 36.2 Å². The number of amides is 1. The van der Waals surface area contributed by atoms with Gasteiger partial charge in [0.05, 0.1) is 12.1 Å². The van der Waals surface area contributed by atoms with Gasteiger partial charge in [-0.1, -0.05) is 12.1 Å². The summed E-state index contributed by atoms with van der Waals surface area (Å²) in [7, 11) is 0. The third-order valence-electron chi connectivity index (χ3n) is 4.04. The lowest BCUT2D eigenvalue weighted by atomic mass is 9.98. The summed E-state index contributed by atoms with van der Waals surface area (Å²) in [6.45, 7) is 1.61. The van der Waals surface area contributed by atoms with Gasteiger partial charge in [0.25, 0.3) is 0 Å². The molecule has 1 aliphatic heterocycles. The van der Waals surface area contributed by atoms with Gasteiger partial charge in [-0.3, -0.25) is 4.79 Å². The predicted molar refractivity (Wildman–Crippen MR) is 79.2 cm³/mol. The van der Waals surface area contributed by atoms with Gasteiger partial charge in [0, 0.05) is 19.7 Å². The Morgan fingerprint density at radius 2 is 2.14 bits per heavy atom. The topological polar surface area (TPSA) is 84.1 Å². The number of rotatable bonds is 4. The molecule has 0 aliphatic carbocycles. The first-order valence-electron chi connectivity index (χ1n) is 7.47. The Kier molecular flexibility index (Phi) is 4.43. The highest BCUT2D eigenvalue weighted by molar-refractivity contribution is 5.79. The van der Waals surface area contributed by atoms with Crippen LogP contribution >= 0.6 is 0 Å². The standard InChI is InChI=1S/C15H19N5O2/c21-10-13-2-1-7-19(9-13)15(22)8-12-3-5-14(6-4-12)20-11-16-17-18-20/h3-6,11,13,21H,1-2,7-10H2. The molecule has 0 bridgehead atoms. The van der Waals surface area contributed by atoms with E-state index in [0.29, 0.717) is 13.0 Å². The van der Waals surface area contributed by atoms with Crippen LogP contribution in [0.4, 0.5) is 0 Å². The molecule has 2 heterocycles. The quantitative estimate of drug-likeness (QED) is 0.885. The van der Waals surface area contributed by atoms with E-state index in [0.717, 1.165) is 30.6 Å². The number of benzene rings is 1. The van der Waals surface area contributed by atoms with Crippen molar-refractivity contribution < 1.29 is 9.90 Å². The SMILES string of the molecule is O=C(Cc1ccc(-n2cnnn2)cc1)N1CCCC(CO)C1. The Hall–Kier alpha value is -2.28. The molecule has 2 aromatic rings. The molecule has 1 fully saturated rings. The van der Waals surface area contributed by atoms with E-state index in [1.807, 2.05) is 29.2 Å². The van der Waals surface area contributed by atoms with Crippen molar-refractivity contribution in [1.29, 1.82) is 0 Å². The minimum atomic E-state index is 0.119. The predicted octanol–water partition coefficient (Wildman–Crippen LogP) is 0.436. The highest BCUT2D eigenvalue weighted by atomic mass is 16.3. The molecule has 1 amide bonds. The third kappa shape index (κ3) is 3.30. The molecule has 1 aromatic carbocycles. The maximum Gasteiger partial charge on any atom is 0.226 e. The molecule has 0 radical (unpaired) electrons. The van der Waals surface area contributed by atoms with Crippen LogP contribution in [0.15, 0.2) is 30.6 Å². The van der Waals surface area contributed by atoms with Gasteiger partial charge in [0.15, 0.2) is 0 Å². The molecule has 7 heteroatoms. The molecule has 0 spiro atoms. The lowest BCUT2D eigenvalue weighted by Crippen LogP contribution is -2.41. The molecule has 0 saturated carbocycles. The van der Waals surface area contributed by atoms with E-state index >= 15 is 0 Å². The zero-order chi connectivity index (χ0) is 15.4. The van der Waals surface area contributed by atoms with Crippen LogP contribution in [0.25, 0.3) is 5.69 Å². The van der Waals surface area contributed by atoms with Crippen LogP contribution in [0.2, 0.25) is 0 Å². The van der Waals surface area contributed by atoms with E-state index in [-0.39, 0.29) is 18.4 Å². The summed E-state index contributed by atoms with van der Waals surface area (Å²) < 4.78 is 1.57. The minimum absolute atomic E-state index is 0.119. The average Bonchev–Trinajstić information content (AvgIpc) is 3.10. The van der Waals surface area contributed by atoms with Crippen molar-refractivity contribution in [2.45, 2.75) is 19.3 Å². The first-order valence-corrected chi connectivity index (χ1v) is 7.47. The van der Waals surface area contributed by atoms with Crippen LogP contribution in [0.3, 0.4) is 0 Å². The Morgan fingerprint density at radius 1 is 1.32 bits per heavy atom. The number of piperidine rings is 1. The maximum absolute atomic E-state index is 12.3. The molecule has 1 aliphatic rings. The van der Waals surface area contributed by atoms with Crippen molar-refractivity contribution in [3.63, 3.8) is 0 Å². The first-order chi connectivity index (χ1) is 10.8. The van der Waals surface area contributed by atoms with E-state index in [1.165, 1.54) is 6.33 Å². The number of carbonyl (C=O) groups excluding carboxylic acids is 1. The van der Waals surface area contributed by atoms with Gasteiger partial charge in [-0.25, -0.2) is 4.68 Å². The van der Waals surface area contributed by atoms with Crippen LogP contribution in [0, 0.1) is 5.92 Å². The monoisotopic (exact) mass is 301 g/mol. The lowest BCUT2D eigenvalue weighted by Gasteiger charge is -2.32. The number of nitrogens with zero attached hydrogens (tertiary/aromatic N) is 5. The summed E-state index contributed by atoms with van der Waals surface area (Å²) in [5.74, 6) is 0.341. The highest BCUT2D eigenvalue weighted by Gasteiger charge is 2.22. The maximum atomic E-state index is 12.3. The van der Waals surface area contributed by atoms with Gasteiger partial charge < -0.3 is 10.0 Å². The van der Waals surface area contributed by atoms with Crippen LogP contribution < -0.4 is 0 Å². The number of hydrogen-bond acceptors (Lipinski definition) is 5. The number of hydrogen-bond donors (Lipinski definition) is 1. The molecule has 3 rings (SSSR count). The molecular formula is C15H19N5O2. The van der Waals surface area contributed by atoms with E-state index in [2.05, 4.69) is 15.5 Å². The number of aliphatic hydroxyl groups is 1. The fourth-order valence-corrected chi connectivity index (χ4v) is 2.77. The number of likely N-dealkylation sites (tertiary alicyclic amines) is 1. The Morgan fingerprint density at radius 3 is 2.82 bits per heavy atom. The molecular weight excluding hydrogens is 282 g/mol. The summed E-state index contributed by atoms with van der Waals surface area (Å²) in [5.41, 5.74) is 1.83. The Bertz CT molecular complexity index is 611. The lowest BCUT2D eigenvalue weighted by molar-refractivity contribution is -0.132. The zero-order valence-corrected chi connectivity index (χ0v) is 12.3. The van der Waals surface area contributed by atoms with Crippen LogP contribution in [-0.2, 0) is 11.2 Å². The van der Waals surface area contributed by atoms with Crippen LogP contribution in [0.5, 0.6) is 0 Å². The van der Waals surface area contributed by atoms with Gasteiger partial charge in [-0.2, -0.15) is 0 Å². The molecule has 7 nitrogen and oxygen atoms in total. The van der Waals surface area contributed by atoms with Crippen LogP contribution in [-0.4, -0.2) is 55.8 Å². The molecule has 1 saturated heterocycles. The number of aromatic nitrogens is 4. The van der Waals surface area contributed by atoms with E-state index in [1.54, 1.807) is 4.68 Å². The summed E-state index contributed by atoms with van der Waals surface area (Å²) >= 11 is 0.